The summed E-state index contributed by atoms with van der Waals surface area (Å²) in [5.74, 6) is 1.66. The third-order valence-electron chi connectivity index (χ3n) is 3.84. The first-order valence-electron chi connectivity index (χ1n) is 8.09. The summed E-state index contributed by atoms with van der Waals surface area (Å²) in [5, 5.41) is 9.61. The van der Waals surface area contributed by atoms with Gasteiger partial charge in [-0.3, -0.25) is 0 Å². The molecule has 0 aliphatic heterocycles. The molecule has 1 aromatic carbocycles. The lowest BCUT2D eigenvalue weighted by atomic mass is 10.1. The Morgan fingerprint density at radius 1 is 1.16 bits per heavy atom. The molecule has 0 aliphatic rings. The van der Waals surface area contributed by atoms with E-state index in [0.29, 0.717) is 6.54 Å². The van der Waals surface area contributed by atoms with Crippen LogP contribution < -0.4 is 10.1 Å². The van der Waals surface area contributed by atoms with E-state index in [2.05, 4.69) is 41.2 Å². The fourth-order valence-corrected chi connectivity index (χ4v) is 2.89. The number of anilines is 1. The van der Waals surface area contributed by atoms with Crippen LogP contribution in [0.15, 0.2) is 35.6 Å². The van der Waals surface area contributed by atoms with Gasteiger partial charge in [0.25, 0.3) is 0 Å². The minimum Gasteiger partial charge on any atom is -0.497 e. The Kier molecular flexibility index (Phi) is 4.85. The molecular formula is C18H23N5OS. The highest BCUT2D eigenvalue weighted by atomic mass is 32.2. The van der Waals surface area contributed by atoms with Crippen LogP contribution in [-0.4, -0.2) is 33.1 Å². The van der Waals surface area contributed by atoms with Crippen molar-refractivity contribution in [3.8, 4) is 5.75 Å². The average Bonchev–Trinajstić information content (AvgIpc) is 3.04. The number of hydrogen-bond donors (Lipinski definition) is 1. The molecule has 1 N–H and O–H groups in total. The minimum absolute atomic E-state index is 0.140. The van der Waals surface area contributed by atoms with E-state index in [1.54, 1.807) is 7.11 Å². The van der Waals surface area contributed by atoms with Gasteiger partial charge in [0.2, 0.25) is 0 Å². The van der Waals surface area contributed by atoms with E-state index in [-0.39, 0.29) is 5.54 Å². The summed E-state index contributed by atoms with van der Waals surface area (Å²) in [6.07, 6.45) is 3.81. The van der Waals surface area contributed by atoms with Crippen LogP contribution >= 0.6 is 11.8 Å². The molecule has 0 amide bonds. The Balaban J connectivity index is 1.93. The largest absolute Gasteiger partial charge is 0.497 e. The third kappa shape index (κ3) is 3.71. The molecule has 0 atom stereocenters. The molecule has 0 saturated heterocycles. The van der Waals surface area contributed by atoms with Crippen LogP contribution in [0.4, 0.5) is 5.82 Å². The third-order valence-corrected chi connectivity index (χ3v) is 4.39. The van der Waals surface area contributed by atoms with Gasteiger partial charge < -0.3 is 10.1 Å². The maximum Gasteiger partial charge on any atom is 0.191 e. The number of hydrogen-bond acceptors (Lipinski definition) is 6. The first-order valence-corrected chi connectivity index (χ1v) is 9.32. The lowest BCUT2D eigenvalue weighted by Crippen LogP contribution is -2.23. The molecule has 0 fully saturated rings. The number of nitrogens with zero attached hydrogens (tertiary/aromatic N) is 4. The molecule has 3 rings (SSSR count). The van der Waals surface area contributed by atoms with E-state index in [1.807, 2.05) is 41.4 Å². The fourth-order valence-electron chi connectivity index (χ4n) is 2.53. The number of nitrogens with one attached hydrogen (secondary N) is 1. The number of methoxy groups -OCH3 is 1. The van der Waals surface area contributed by atoms with Crippen molar-refractivity contribution in [1.82, 2.24) is 19.7 Å². The maximum absolute atomic E-state index is 5.20. The number of rotatable bonds is 5. The van der Waals surface area contributed by atoms with Gasteiger partial charge in [-0.05, 0) is 44.7 Å². The lowest BCUT2D eigenvalue weighted by Gasteiger charge is -2.20. The normalized spacial score (nSPS) is 11.7. The number of fused-ring (bicyclic) bond motifs is 1. The van der Waals surface area contributed by atoms with Crippen LogP contribution in [0.2, 0.25) is 0 Å². The number of benzene rings is 1. The van der Waals surface area contributed by atoms with Gasteiger partial charge in [-0.1, -0.05) is 23.9 Å². The molecule has 2 aromatic heterocycles. The molecule has 0 unspecified atom stereocenters. The zero-order valence-corrected chi connectivity index (χ0v) is 16.0. The second-order valence-corrected chi connectivity index (χ2v) is 7.50. The standard InChI is InChI=1S/C18H23N5OS/c1-18(2,3)23-16-14(11-20-23)15(21-17(22-16)25-5)19-10-12-6-8-13(24-4)9-7-12/h6-9,11H,10H2,1-5H3,(H,19,21,22). The van der Waals surface area contributed by atoms with Crippen LogP contribution in [0.1, 0.15) is 26.3 Å². The van der Waals surface area contributed by atoms with Gasteiger partial charge in [0.05, 0.1) is 24.2 Å². The van der Waals surface area contributed by atoms with Crippen molar-refractivity contribution < 1.29 is 4.74 Å². The first kappa shape index (κ1) is 17.5. The molecule has 3 aromatic rings. The van der Waals surface area contributed by atoms with Crippen LogP contribution in [0.25, 0.3) is 11.0 Å². The highest BCUT2D eigenvalue weighted by molar-refractivity contribution is 7.98. The second-order valence-electron chi connectivity index (χ2n) is 6.73. The molecule has 0 aliphatic carbocycles. The Morgan fingerprint density at radius 2 is 1.88 bits per heavy atom. The minimum atomic E-state index is -0.140. The van der Waals surface area contributed by atoms with Gasteiger partial charge in [0.1, 0.15) is 11.6 Å². The summed E-state index contributed by atoms with van der Waals surface area (Å²) in [6.45, 7) is 7.02. The van der Waals surface area contributed by atoms with Gasteiger partial charge in [0, 0.05) is 6.54 Å². The number of aromatic nitrogens is 4. The Bertz CT molecular complexity index is 868. The molecule has 2 heterocycles. The fraction of sp³-hybridized carbons (Fsp3) is 0.389. The predicted octanol–water partition coefficient (Wildman–Crippen LogP) is 3.92. The summed E-state index contributed by atoms with van der Waals surface area (Å²) in [7, 11) is 1.67. The second kappa shape index (κ2) is 6.92. The van der Waals surface area contributed by atoms with Crippen LogP contribution in [0.5, 0.6) is 5.75 Å². The van der Waals surface area contributed by atoms with Gasteiger partial charge in [-0.25, -0.2) is 14.6 Å². The topological polar surface area (TPSA) is 64.9 Å². The van der Waals surface area contributed by atoms with Gasteiger partial charge in [-0.2, -0.15) is 5.10 Å². The number of ether oxygens (including phenoxy) is 1. The Labute approximate surface area is 152 Å². The highest BCUT2D eigenvalue weighted by Crippen LogP contribution is 2.27. The summed E-state index contributed by atoms with van der Waals surface area (Å²) in [6, 6.07) is 7.99. The molecule has 0 spiro atoms. The SMILES string of the molecule is COc1ccc(CNc2nc(SC)nc3c2cnn3C(C)(C)C)cc1. The Hall–Kier alpha value is -2.28. The van der Waals surface area contributed by atoms with E-state index < -0.39 is 0 Å². The summed E-state index contributed by atoms with van der Waals surface area (Å²) < 4.78 is 7.15. The van der Waals surface area contributed by atoms with Gasteiger partial charge in [-0.15, -0.1) is 0 Å². The van der Waals surface area contributed by atoms with E-state index in [0.717, 1.165) is 33.3 Å². The predicted molar refractivity (Wildman–Crippen MR) is 102 cm³/mol. The van der Waals surface area contributed by atoms with E-state index in [4.69, 9.17) is 4.74 Å². The molecule has 0 radical (unpaired) electrons. The molecule has 6 nitrogen and oxygen atoms in total. The van der Waals surface area contributed by atoms with Crippen molar-refractivity contribution in [2.45, 2.75) is 38.0 Å². The maximum atomic E-state index is 5.20. The molecule has 0 bridgehead atoms. The summed E-state index contributed by atoms with van der Waals surface area (Å²) >= 11 is 1.53. The molecule has 7 heteroatoms. The quantitative estimate of drug-likeness (QED) is 0.551. The summed E-state index contributed by atoms with van der Waals surface area (Å²) in [5.41, 5.74) is 1.87. The van der Waals surface area contributed by atoms with Crippen molar-refractivity contribution in [3.05, 3.63) is 36.0 Å². The first-order chi connectivity index (χ1) is 11.9. The van der Waals surface area contributed by atoms with Gasteiger partial charge in [0.15, 0.2) is 10.8 Å². The van der Waals surface area contributed by atoms with E-state index >= 15 is 0 Å². The van der Waals surface area contributed by atoms with Crippen LogP contribution in [-0.2, 0) is 12.1 Å². The van der Waals surface area contributed by atoms with E-state index in [1.165, 1.54) is 11.8 Å². The smallest absolute Gasteiger partial charge is 0.191 e. The zero-order chi connectivity index (χ0) is 18.0. The highest BCUT2D eigenvalue weighted by Gasteiger charge is 2.20. The van der Waals surface area contributed by atoms with E-state index in [9.17, 15) is 0 Å². The van der Waals surface area contributed by atoms with Crippen molar-refractivity contribution in [3.63, 3.8) is 0 Å². The van der Waals surface area contributed by atoms with Crippen molar-refractivity contribution in [2.24, 2.45) is 0 Å². The molecule has 132 valence electrons. The Morgan fingerprint density at radius 3 is 2.48 bits per heavy atom. The lowest BCUT2D eigenvalue weighted by molar-refractivity contribution is 0.365. The average molecular weight is 357 g/mol. The van der Waals surface area contributed by atoms with Crippen molar-refractivity contribution >= 4 is 28.6 Å². The van der Waals surface area contributed by atoms with Crippen molar-refractivity contribution in [2.75, 3.05) is 18.7 Å². The van der Waals surface area contributed by atoms with Gasteiger partial charge >= 0.3 is 0 Å². The van der Waals surface area contributed by atoms with Crippen LogP contribution in [0, 0.1) is 0 Å². The number of thioether (sulfide) groups is 1. The van der Waals surface area contributed by atoms with Crippen LogP contribution in [0.3, 0.4) is 0 Å². The molecular weight excluding hydrogens is 334 g/mol. The molecule has 0 saturated carbocycles. The summed E-state index contributed by atoms with van der Waals surface area (Å²) in [4.78, 5) is 9.28. The molecule has 25 heavy (non-hydrogen) atoms. The monoisotopic (exact) mass is 357 g/mol. The van der Waals surface area contributed by atoms with Crippen molar-refractivity contribution in [1.29, 1.82) is 0 Å². The zero-order valence-electron chi connectivity index (χ0n) is 15.2.